The van der Waals surface area contributed by atoms with Crippen molar-refractivity contribution in [3.63, 3.8) is 0 Å². The van der Waals surface area contributed by atoms with Crippen molar-refractivity contribution in [2.45, 2.75) is 342 Å². The standard InChI is InChI=1S/C18H30.2C16H26.C14H22.C12H18.C10H20/c1-7-17(5,8-2)15-11-13-16(14-12-15)18(6,9-3)10-4;1-7-15(3,4)13-9-11-14(12-10-13)16(5,6)8-2;1-5-13(6-2)15-9-11-16(12-10-15)14(7-3)8-4;1-5-11(3)13-7-9-14(10-8-13)12(4)6-2;1-5-11-8-12(6-2)10(4)7-9(11)3;1-5-10-8(3)6-7(2)9(10)4/h11-14H,7-10H2,1-6H3;9-12H,7-8H2,1-6H3;9-14H,5-8H2,1-4H3;7-12H,5-6H2,1-4H3;7-8H,5-6H2,1-4H3;7-10H,5-6H2,1-4H3. The highest BCUT2D eigenvalue weighted by Gasteiger charge is 2.34. The molecule has 1 aliphatic carbocycles. The Morgan fingerprint density at radius 2 is 0.651 bits per heavy atom. The lowest BCUT2D eigenvalue weighted by atomic mass is 9.74. The van der Waals surface area contributed by atoms with Gasteiger partial charge < -0.3 is 0 Å². The van der Waals surface area contributed by atoms with Crippen molar-refractivity contribution in [3.05, 3.63) is 176 Å². The molecule has 0 heteroatoms. The smallest absolute Gasteiger partial charge is 0.00805 e. The monoisotopic (exact) mass is 1180 g/mol. The third kappa shape index (κ3) is 24.1. The van der Waals surface area contributed by atoms with Crippen LogP contribution in [0, 0.1) is 37.5 Å². The molecule has 6 atom stereocenters. The molecule has 0 amide bonds. The van der Waals surface area contributed by atoms with E-state index in [2.05, 4.69) is 303 Å². The fraction of sp³-hybridized carbons (Fsp3) is 0.651. The van der Waals surface area contributed by atoms with Gasteiger partial charge in [-0.2, -0.15) is 0 Å². The van der Waals surface area contributed by atoms with E-state index in [0.29, 0.717) is 33.5 Å². The zero-order valence-corrected chi connectivity index (χ0v) is 62.3. The van der Waals surface area contributed by atoms with Gasteiger partial charge in [-0.1, -0.05) is 296 Å². The molecule has 5 aromatic carbocycles. The summed E-state index contributed by atoms with van der Waals surface area (Å²) in [6, 6.07) is 41.8. The first kappa shape index (κ1) is 80.1. The van der Waals surface area contributed by atoms with Crippen LogP contribution in [0.3, 0.4) is 0 Å². The molecule has 86 heavy (non-hydrogen) atoms. The minimum atomic E-state index is 0.300. The molecule has 0 bridgehead atoms. The first-order chi connectivity index (χ1) is 40.6. The summed E-state index contributed by atoms with van der Waals surface area (Å²) in [6.07, 6.45) is 19.8. The molecule has 0 aromatic heterocycles. The minimum absolute atomic E-state index is 0.300. The lowest BCUT2D eigenvalue weighted by Gasteiger charge is -2.30. The predicted octanol–water partition coefficient (Wildman–Crippen LogP) is 27.9. The Labute approximate surface area is 538 Å². The number of benzene rings is 5. The zero-order valence-electron chi connectivity index (χ0n) is 62.3. The molecule has 0 nitrogen and oxygen atoms in total. The molecule has 0 aliphatic heterocycles. The van der Waals surface area contributed by atoms with Gasteiger partial charge in [0, 0.05) is 0 Å². The maximum absolute atomic E-state index is 2.42. The molecule has 6 rings (SSSR count). The SMILES string of the molecule is CCC(C)(C)c1ccc(C(C)(C)CC)cc1.CCC(C)(CC)c1ccc(C(C)(CC)CC)cc1.CCC(C)c1ccc(C(C)CC)cc1.CCC(CC)c1ccc(C(CC)CC)cc1.CCC1C(C)CC(C)C1C.CCc1cc(CC)c(C)cc1C. The molecular formula is C86H142. The van der Waals surface area contributed by atoms with Gasteiger partial charge in [0.15, 0.2) is 0 Å². The highest BCUT2D eigenvalue weighted by atomic mass is 14.4. The Kier molecular flexibility index (Phi) is 37.2. The average Bonchev–Trinajstić information content (AvgIpc) is 3.49. The normalized spacial score (nSPS) is 16.7. The quantitative estimate of drug-likeness (QED) is 0.0611. The number of aryl methyl sites for hydroxylation is 4. The van der Waals surface area contributed by atoms with Gasteiger partial charge >= 0.3 is 0 Å². The summed E-state index contributed by atoms with van der Waals surface area (Å²) in [6.45, 7) is 64.3. The van der Waals surface area contributed by atoms with E-state index in [-0.39, 0.29) is 0 Å². The molecule has 0 saturated heterocycles. The highest BCUT2D eigenvalue weighted by molar-refractivity contribution is 5.38. The van der Waals surface area contributed by atoms with Crippen molar-refractivity contribution < 1.29 is 0 Å². The maximum Gasteiger partial charge on any atom is -0.00805 e. The van der Waals surface area contributed by atoms with Crippen LogP contribution in [0.1, 0.15) is 360 Å². The molecule has 0 heterocycles. The molecule has 486 valence electrons. The van der Waals surface area contributed by atoms with Gasteiger partial charge in [0.2, 0.25) is 0 Å². The summed E-state index contributed by atoms with van der Waals surface area (Å²) in [5.41, 5.74) is 19.0. The fourth-order valence-electron chi connectivity index (χ4n) is 13.0. The van der Waals surface area contributed by atoms with Gasteiger partial charge in [-0.05, 0) is 246 Å². The van der Waals surface area contributed by atoms with Crippen molar-refractivity contribution in [1.82, 2.24) is 0 Å². The van der Waals surface area contributed by atoms with E-state index in [0.717, 1.165) is 48.3 Å². The van der Waals surface area contributed by atoms with Crippen LogP contribution in [0.4, 0.5) is 0 Å². The van der Waals surface area contributed by atoms with Crippen molar-refractivity contribution in [1.29, 1.82) is 0 Å². The third-order valence-corrected chi connectivity index (χ3v) is 22.8. The van der Waals surface area contributed by atoms with Gasteiger partial charge in [-0.15, -0.1) is 0 Å². The Morgan fingerprint density at radius 1 is 0.360 bits per heavy atom. The molecule has 1 aliphatic rings. The van der Waals surface area contributed by atoms with Gasteiger partial charge in [0.05, 0.1) is 0 Å². The van der Waals surface area contributed by atoms with Crippen LogP contribution < -0.4 is 0 Å². The first-order valence-electron chi connectivity index (χ1n) is 36.1. The van der Waals surface area contributed by atoms with E-state index in [1.54, 1.807) is 0 Å². The highest BCUT2D eigenvalue weighted by Crippen LogP contribution is 2.42. The number of hydrogen-bond acceptors (Lipinski definition) is 0. The molecule has 1 saturated carbocycles. The van der Waals surface area contributed by atoms with Crippen LogP contribution in [-0.4, -0.2) is 0 Å². The van der Waals surface area contributed by atoms with Crippen LogP contribution in [0.25, 0.3) is 0 Å². The van der Waals surface area contributed by atoms with Crippen molar-refractivity contribution >= 4 is 0 Å². The summed E-state index contributed by atoms with van der Waals surface area (Å²) in [5.74, 6) is 6.82. The molecular weight excluding hydrogens is 1030 g/mol. The van der Waals surface area contributed by atoms with Gasteiger partial charge in [-0.25, -0.2) is 0 Å². The van der Waals surface area contributed by atoms with Gasteiger partial charge in [0.25, 0.3) is 0 Å². The van der Waals surface area contributed by atoms with Crippen LogP contribution in [0.15, 0.2) is 109 Å². The topological polar surface area (TPSA) is 0 Å². The summed E-state index contributed by atoms with van der Waals surface area (Å²) in [7, 11) is 0. The third-order valence-electron chi connectivity index (χ3n) is 22.8. The Bertz CT molecular complexity index is 2340. The number of hydrogen-bond donors (Lipinski definition) is 0. The lowest BCUT2D eigenvalue weighted by molar-refractivity contribution is 0.314. The Balaban J connectivity index is 0.000000520. The van der Waals surface area contributed by atoms with E-state index in [1.807, 2.05) is 0 Å². The second kappa shape index (κ2) is 40.0. The largest absolute Gasteiger partial charge is 0.0651 e. The van der Waals surface area contributed by atoms with E-state index in [1.165, 1.54) is 157 Å². The molecule has 5 aromatic rings. The van der Waals surface area contributed by atoms with Crippen molar-refractivity contribution in [2.24, 2.45) is 23.7 Å². The summed E-state index contributed by atoms with van der Waals surface area (Å²) < 4.78 is 0. The lowest BCUT2D eigenvalue weighted by Crippen LogP contribution is -2.22. The van der Waals surface area contributed by atoms with Crippen LogP contribution in [0.5, 0.6) is 0 Å². The van der Waals surface area contributed by atoms with E-state index < -0.39 is 0 Å². The maximum atomic E-state index is 2.42. The van der Waals surface area contributed by atoms with Gasteiger partial charge in [0.1, 0.15) is 0 Å². The molecule has 6 unspecified atom stereocenters. The Hall–Kier alpha value is -3.90. The van der Waals surface area contributed by atoms with Crippen molar-refractivity contribution in [2.75, 3.05) is 0 Å². The number of rotatable bonds is 23. The summed E-state index contributed by atoms with van der Waals surface area (Å²) in [4.78, 5) is 0. The van der Waals surface area contributed by atoms with E-state index in [9.17, 15) is 0 Å². The summed E-state index contributed by atoms with van der Waals surface area (Å²) >= 11 is 0. The van der Waals surface area contributed by atoms with E-state index >= 15 is 0 Å². The molecule has 0 N–H and O–H groups in total. The second-order valence-electron chi connectivity index (χ2n) is 28.7. The predicted molar refractivity (Wildman–Crippen MR) is 393 cm³/mol. The Morgan fingerprint density at radius 3 is 0.860 bits per heavy atom. The van der Waals surface area contributed by atoms with E-state index in [4.69, 9.17) is 0 Å². The zero-order chi connectivity index (χ0) is 65.6. The van der Waals surface area contributed by atoms with Crippen LogP contribution in [-0.2, 0) is 34.5 Å². The first-order valence-corrected chi connectivity index (χ1v) is 36.1. The van der Waals surface area contributed by atoms with Crippen LogP contribution in [0.2, 0.25) is 0 Å². The molecule has 1 fully saturated rings. The molecule has 0 spiro atoms. The fourth-order valence-corrected chi connectivity index (χ4v) is 13.0. The summed E-state index contributed by atoms with van der Waals surface area (Å²) in [5, 5.41) is 0. The van der Waals surface area contributed by atoms with Gasteiger partial charge in [-0.3, -0.25) is 0 Å². The van der Waals surface area contributed by atoms with Crippen LogP contribution >= 0.6 is 0 Å². The minimum Gasteiger partial charge on any atom is -0.0651 e. The van der Waals surface area contributed by atoms with Crippen molar-refractivity contribution in [3.8, 4) is 0 Å². The molecule has 0 radical (unpaired) electrons. The average molecular weight is 1180 g/mol. The second-order valence-corrected chi connectivity index (χ2v) is 28.7.